The van der Waals surface area contributed by atoms with Crippen molar-refractivity contribution >= 4 is 33.1 Å². The Morgan fingerprint density at radius 3 is 3.00 bits per heavy atom. The fourth-order valence-electron chi connectivity index (χ4n) is 2.39. The lowest BCUT2D eigenvalue weighted by Gasteiger charge is -2.06. The minimum atomic E-state index is -0.338. The van der Waals surface area contributed by atoms with Crippen molar-refractivity contribution in [1.29, 1.82) is 0 Å². The first-order valence-corrected chi connectivity index (χ1v) is 8.12. The highest BCUT2D eigenvalue weighted by atomic mass is 32.1. The summed E-state index contributed by atoms with van der Waals surface area (Å²) in [5, 5.41) is 3.12. The summed E-state index contributed by atoms with van der Waals surface area (Å²) in [6, 6.07) is 3.47. The lowest BCUT2D eigenvalue weighted by Crippen LogP contribution is -2.24. The van der Waals surface area contributed by atoms with Crippen LogP contribution in [0.5, 0.6) is 0 Å². The maximum absolute atomic E-state index is 12.7. The number of hydrogen-bond donors (Lipinski definition) is 1. The molecule has 1 amide bonds. The molecule has 0 atom stereocenters. The fourth-order valence-corrected chi connectivity index (χ4v) is 3.37. The Morgan fingerprint density at radius 2 is 2.29 bits per heavy atom. The molecule has 3 heterocycles. The third-order valence-corrected chi connectivity index (χ3v) is 4.55. The summed E-state index contributed by atoms with van der Waals surface area (Å²) >= 11 is 1.33. The van der Waals surface area contributed by atoms with Crippen molar-refractivity contribution in [3.8, 4) is 0 Å². The van der Waals surface area contributed by atoms with Gasteiger partial charge in [-0.15, -0.1) is 11.3 Å². The largest absolute Gasteiger partial charge is 0.383 e. The SMILES string of the molecule is COCCn1cnc2sc(C)c(C(=O)Nc3cccnc3)c2c1=O. The number of aromatic nitrogens is 3. The summed E-state index contributed by atoms with van der Waals surface area (Å²) in [4.78, 5) is 34.9. The van der Waals surface area contributed by atoms with Crippen molar-refractivity contribution in [3.63, 3.8) is 0 Å². The topological polar surface area (TPSA) is 86.1 Å². The molecule has 0 aromatic carbocycles. The number of pyridine rings is 1. The van der Waals surface area contributed by atoms with E-state index in [2.05, 4.69) is 15.3 Å². The summed E-state index contributed by atoms with van der Waals surface area (Å²) in [6.45, 7) is 2.59. The zero-order chi connectivity index (χ0) is 17.1. The maximum Gasteiger partial charge on any atom is 0.262 e. The van der Waals surface area contributed by atoms with Crippen LogP contribution >= 0.6 is 11.3 Å². The van der Waals surface area contributed by atoms with Crippen molar-refractivity contribution < 1.29 is 9.53 Å². The molecule has 3 rings (SSSR count). The van der Waals surface area contributed by atoms with Gasteiger partial charge in [-0.1, -0.05) is 0 Å². The predicted octanol–water partition coefficient (Wildman–Crippen LogP) is 2.06. The monoisotopic (exact) mass is 344 g/mol. The first-order chi connectivity index (χ1) is 11.6. The van der Waals surface area contributed by atoms with Gasteiger partial charge in [0.1, 0.15) is 4.83 Å². The van der Waals surface area contributed by atoms with Crippen LogP contribution in [0.4, 0.5) is 5.69 Å². The van der Waals surface area contributed by atoms with E-state index in [-0.39, 0.29) is 11.5 Å². The number of ether oxygens (including phenoxy) is 1. The number of anilines is 1. The lowest BCUT2D eigenvalue weighted by atomic mass is 10.1. The average Bonchev–Trinajstić information content (AvgIpc) is 2.92. The fraction of sp³-hybridized carbons (Fsp3) is 0.250. The summed E-state index contributed by atoms with van der Waals surface area (Å²) in [6.07, 6.45) is 4.67. The molecule has 124 valence electrons. The van der Waals surface area contributed by atoms with E-state index in [4.69, 9.17) is 4.74 Å². The van der Waals surface area contributed by atoms with E-state index in [1.807, 2.05) is 6.92 Å². The highest BCUT2D eigenvalue weighted by molar-refractivity contribution is 7.19. The van der Waals surface area contributed by atoms with Gasteiger partial charge in [0, 0.05) is 18.2 Å². The van der Waals surface area contributed by atoms with Crippen LogP contribution in [0.2, 0.25) is 0 Å². The van der Waals surface area contributed by atoms with E-state index in [0.717, 1.165) is 4.88 Å². The van der Waals surface area contributed by atoms with Gasteiger partial charge in [0.25, 0.3) is 11.5 Å². The van der Waals surface area contributed by atoms with Crippen molar-refractivity contribution in [3.05, 3.63) is 51.6 Å². The van der Waals surface area contributed by atoms with Gasteiger partial charge in [-0.05, 0) is 19.1 Å². The molecule has 0 radical (unpaired) electrons. The second kappa shape index (κ2) is 6.90. The Bertz CT molecular complexity index is 934. The zero-order valence-corrected chi connectivity index (χ0v) is 14.1. The van der Waals surface area contributed by atoms with Crippen molar-refractivity contribution in [1.82, 2.24) is 14.5 Å². The molecule has 0 aliphatic rings. The molecule has 7 nitrogen and oxygen atoms in total. The van der Waals surface area contributed by atoms with Gasteiger partial charge in [0.15, 0.2) is 0 Å². The number of thiophene rings is 1. The van der Waals surface area contributed by atoms with Gasteiger partial charge >= 0.3 is 0 Å². The first-order valence-electron chi connectivity index (χ1n) is 7.30. The molecule has 3 aromatic rings. The molecule has 1 N–H and O–H groups in total. The van der Waals surface area contributed by atoms with E-state index < -0.39 is 0 Å². The van der Waals surface area contributed by atoms with Crippen molar-refractivity contribution in [2.45, 2.75) is 13.5 Å². The quantitative estimate of drug-likeness (QED) is 0.766. The first kappa shape index (κ1) is 16.3. The molecule has 8 heteroatoms. The zero-order valence-electron chi connectivity index (χ0n) is 13.3. The average molecular weight is 344 g/mol. The minimum Gasteiger partial charge on any atom is -0.383 e. The summed E-state index contributed by atoms with van der Waals surface area (Å²) in [7, 11) is 1.57. The number of amides is 1. The number of aryl methyl sites for hydroxylation is 1. The molecule has 0 bridgehead atoms. The number of carbonyl (C=O) groups excluding carboxylic acids is 1. The normalized spacial score (nSPS) is 10.9. The summed E-state index contributed by atoms with van der Waals surface area (Å²) < 4.78 is 6.46. The molecule has 0 spiro atoms. The van der Waals surface area contributed by atoms with Crippen LogP contribution in [0, 0.1) is 6.92 Å². The van der Waals surface area contributed by atoms with E-state index in [9.17, 15) is 9.59 Å². The number of carbonyl (C=O) groups is 1. The van der Waals surface area contributed by atoms with Crippen LogP contribution in [-0.2, 0) is 11.3 Å². The molecule has 0 fully saturated rings. The highest BCUT2D eigenvalue weighted by Gasteiger charge is 2.21. The minimum absolute atomic E-state index is 0.238. The van der Waals surface area contributed by atoms with Gasteiger partial charge in [-0.2, -0.15) is 0 Å². The number of methoxy groups -OCH3 is 1. The van der Waals surface area contributed by atoms with Crippen LogP contribution in [-0.4, -0.2) is 34.2 Å². The molecule has 0 saturated carbocycles. The summed E-state index contributed by atoms with van der Waals surface area (Å²) in [5.41, 5.74) is 0.700. The number of hydrogen-bond acceptors (Lipinski definition) is 6. The molecular weight excluding hydrogens is 328 g/mol. The molecule has 0 unspecified atom stereocenters. The Hall–Kier alpha value is -2.58. The molecular formula is C16H16N4O3S. The number of nitrogens with one attached hydrogen (secondary N) is 1. The second-order valence-electron chi connectivity index (χ2n) is 5.15. The molecule has 3 aromatic heterocycles. The smallest absolute Gasteiger partial charge is 0.262 e. The second-order valence-corrected chi connectivity index (χ2v) is 6.35. The summed E-state index contributed by atoms with van der Waals surface area (Å²) in [5.74, 6) is -0.338. The molecule has 0 saturated heterocycles. The Kier molecular flexibility index (Phi) is 4.68. The van der Waals surface area contributed by atoms with E-state index >= 15 is 0 Å². The standard InChI is InChI=1S/C16H16N4O3S/c1-10-12(14(21)19-11-4-3-5-17-8-11)13-15(24-10)18-9-20(16(13)22)6-7-23-2/h3-5,8-9H,6-7H2,1-2H3,(H,19,21). The van der Waals surface area contributed by atoms with E-state index in [1.165, 1.54) is 22.2 Å². The van der Waals surface area contributed by atoms with E-state index in [0.29, 0.717) is 34.6 Å². The van der Waals surface area contributed by atoms with Crippen LogP contribution in [0.1, 0.15) is 15.2 Å². The van der Waals surface area contributed by atoms with Crippen molar-refractivity contribution in [2.75, 3.05) is 19.0 Å². The highest BCUT2D eigenvalue weighted by Crippen LogP contribution is 2.27. The number of nitrogens with zero attached hydrogens (tertiary/aromatic N) is 3. The number of fused-ring (bicyclic) bond motifs is 1. The van der Waals surface area contributed by atoms with E-state index in [1.54, 1.807) is 31.6 Å². The van der Waals surface area contributed by atoms with Crippen LogP contribution < -0.4 is 10.9 Å². The van der Waals surface area contributed by atoms with Crippen LogP contribution in [0.3, 0.4) is 0 Å². The number of rotatable bonds is 5. The molecule has 0 aliphatic carbocycles. The molecule has 24 heavy (non-hydrogen) atoms. The van der Waals surface area contributed by atoms with Gasteiger partial charge in [-0.25, -0.2) is 4.98 Å². The third kappa shape index (κ3) is 3.06. The predicted molar refractivity (Wildman–Crippen MR) is 92.7 cm³/mol. The van der Waals surface area contributed by atoms with Crippen molar-refractivity contribution in [2.24, 2.45) is 0 Å². The third-order valence-electron chi connectivity index (χ3n) is 3.54. The Balaban J connectivity index is 2.05. The Morgan fingerprint density at radius 1 is 1.46 bits per heavy atom. The Labute approximate surface area is 141 Å². The van der Waals surface area contributed by atoms with Crippen LogP contribution in [0.25, 0.3) is 10.2 Å². The maximum atomic E-state index is 12.7. The van der Waals surface area contributed by atoms with Gasteiger partial charge < -0.3 is 10.1 Å². The van der Waals surface area contributed by atoms with Gasteiger partial charge in [0.05, 0.1) is 42.3 Å². The van der Waals surface area contributed by atoms with Crippen LogP contribution in [0.15, 0.2) is 35.6 Å². The van der Waals surface area contributed by atoms with Gasteiger partial charge in [0.2, 0.25) is 0 Å². The lowest BCUT2D eigenvalue weighted by molar-refractivity contribution is 0.102. The molecule has 0 aliphatic heterocycles. The van der Waals surface area contributed by atoms with Gasteiger partial charge in [-0.3, -0.25) is 19.1 Å².